The van der Waals surface area contributed by atoms with E-state index in [1.165, 1.54) is 6.92 Å². The smallest absolute Gasteiger partial charge is 0.314 e. The summed E-state index contributed by atoms with van der Waals surface area (Å²) in [6.45, 7) is 1.94. The first-order valence-corrected chi connectivity index (χ1v) is 9.27. The van der Waals surface area contributed by atoms with Crippen LogP contribution in [0.2, 0.25) is 0 Å². The van der Waals surface area contributed by atoms with Crippen LogP contribution in [-0.2, 0) is 11.3 Å². The molecule has 7 nitrogen and oxygen atoms in total. The van der Waals surface area contributed by atoms with E-state index in [9.17, 15) is 18.4 Å². The Morgan fingerprint density at radius 1 is 1.29 bits per heavy atom. The number of fused-ring (bicyclic) bond motifs is 1. The van der Waals surface area contributed by atoms with Crippen LogP contribution in [0.25, 0.3) is 11.5 Å². The molecule has 1 aromatic carbocycles. The number of alkyl halides is 2. The number of hydrogen-bond acceptors (Lipinski definition) is 5. The van der Waals surface area contributed by atoms with Crippen LogP contribution in [0.4, 0.5) is 8.78 Å². The average Bonchev–Trinajstić information content (AvgIpc) is 3.27. The number of carbonyl (C=O) groups is 2. The predicted molar refractivity (Wildman–Crippen MR) is 94.4 cm³/mol. The van der Waals surface area contributed by atoms with E-state index in [0.717, 1.165) is 31.2 Å². The Bertz CT molecular complexity index is 914. The number of carbonyl (C=O) groups excluding carboxylic acids is 2. The van der Waals surface area contributed by atoms with Crippen LogP contribution in [0, 0.1) is 0 Å². The Morgan fingerprint density at radius 2 is 2.07 bits per heavy atom. The van der Waals surface area contributed by atoms with Gasteiger partial charge in [-0.05, 0) is 30.5 Å². The number of nitrogens with one attached hydrogen (secondary N) is 1. The molecule has 1 N–H and O–H groups in total. The quantitative estimate of drug-likeness (QED) is 0.867. The molecule has 0 bridgehead atoms. The van der Waals surface area contributed by atoms with Gasteiger partial charge < -0.3 is 14.6 Å². The van der Waals surface area contributed by atoms with E-state index in [0.29, 0.717) is 17.7 Å². The summed E-state index contributed by atoms with van der Waals surface area (Å²) in [7, 11) is 0. The van der Waals surface area contributed by atoms with Gasteiger partial charge in [0, 0.05) is 30.6 Å². The number of benzene rings is 1. The molecule has 0 saturated heterocycles. The van der Waals surface area contributed by atoms with E-state index < -0.39 is 12.3 Å². The van der Waals surface area contributed by atoms with Crippen LogP contribution in [0.1, 0.15) is 60.8 Å². The van der Waals surface area contributed by atoms with Gasteiger partial charge in [-0.15, -0.1) is 10.2 Å². The maximum absolute atomic E-state index is 13.1. The second-order valence-electron chi connectivity index (χ2n) is 7.21. The van der Waals surface area contributed by atoms with Gasteiger partial charge in [0.15, 0.2) is 0 Å². The van der Waals surface area contributed by atoms with E-state index in [1.54, 1.807) is 23.1 Å². The maximum Gasteiger partial charge on any atom is 0.314 e. The van der Waals surface area contributed by atoms with E-state index in [4.69, 9.17) is 4.42 Å². The minimum absolute atomic E-state index is 0.0434. The minimum Gasteiger partial charge on any atom is -0.415 e. The van der Waals surface area contributed by atoms with Crippen molar-refractivity contribution in [2.75, 3.05) is 0 Å². The third kappa shape index (κ3) is 3.36. The standard InChI is InChI=1S/C19H20F2N4O3/c1-10(26)22-14-4-2-3-5-15(14)25-9-12-7-6-11(8-13(12)19(25)27)17-23-24-18(28-17)16(20)21/h6-8,14-16H,2-5,9H2,1H3,(H,22,26)/t14-,15-/m1/s1. The van der Waals surface area contributed by atoms with Crippen molar-refractivity contribution in [3.63, 3.8) is 0 Å². The molecule has 0 spiro atoms. The zero-order chi connectivity index (χ0) is 19.8. The van der Waals surface area contributed by atoms with Crippen molar-refractivity contribution in [1.82, 2.24) is 20.4 Å². The highest BCUT2D eigenvalue weighted by Gasteiger charge is 2.38. The fourth-order valence-corrected chi connectivity index (χ4v) is 4.08. The SMILES string of the molecule is CC(=O)N[C@@H]1CCCC[C@H]1N1Cc2ccc(-c3nnc(C(F)F)o3)cc2C1=O. The second kappa shape index (κ2) is 7.29. The molecule has 1 saturated carbocycles. The van der Waals surface area contributed by atoms with Gasteiger partial charge in [0.05, 0.1) is 6.04 Å². The highest BCUT2D eigenvalue weighted by Crippen LogP contribution is 2.33. The Kier molecular flexibility index (Phi) is 4.82. The molecule has 2 aromatic rings. The van der Waals surface area contributed by atoms with Gasteiger partial charge in [-0.3, -0.25) is 9.59 Å². The average molecular weight is 390 g/mol. The van der Waals surface area contributed by atoms with Gasteiger partial charge in [-0.2, -0.15) is 8.78 Å². The van der Waals surface area contributed by atoms with Crippen molar-refractivity contribution in [2.45, 2.75) is 57.7 Å². The normalized spacial score (nSPS) is 21.9. The van der Waals surface area contributed by atoms with Crippen molar-refractivity contribution in [1.29, 1.82) is 0 Å². The maximum atomic E-state index is 13.1. The summed E-state index contributed by atoms with van der Waals surface area (Å²) in [4.78, 5) is 26.4. The fourth-order valence-electron chi connectivity index (χ4n) is 4.08. The molecule has 1 fully saturated rings. The lowest BCUT2D eigenvalue weighted by atomic mass is 9.89. The summed E-state index contributed by atoms with van der Waals surface area (Å²) < 4.78 is 30.3. The topological polar surface area (TPSA) is 88.3 Å². The van der Waals surface area contributed by atoms with Crippen LogP contribution < -0.4 is 5.32 Å². The Balaban J connectivity index is 1.58. The first-order valence-electron chi connectivity index (χ1n) is 9.27. The molecule has 9 heteroatoms. The molecule has 1 aliphatic carbocycles. The Hall–Kier alpha value is -2.84. The number of hydrogen-bond donors (Lipinski definition) is 1. The van der Waals surface area contributed by atoms with E-state index in [2.05, 4.69) is 15.5 Å². The monoisotopic (exact) mass is 390 g/mol. The van der Waals surface area contributed by atoms with Crippen molar-refractivity contribution in [2.24, 2.45) is 0 Å². The number of rotatable bonds is 4. The van der Waals surface area contributed by atoms with Gasteiger partial charge in [0.1, 0.15) is 0 Å². The lowest BCUT2D eigenvalue weighted by Gasteiger charge is -2.38. The highest BCUT2D eigenvalue weighted by atomic mass is 19.3. The Labute approximate surface area is 160 Å². The molecule has 2 aliphatic rings. The molecule has 1 aliphatic heterocycles. The number of amides is 2. The van der Waals surface area contributed by atoms with Crippen LogP contribution in [0.5, 0.6) is 0 Å². The molecule has 0 unspecified atom stereocenters. The molecule has 148 valence electrons. The lowest BCUT2D eigenvalue weighted by molar-refractivity contribution is -0.120. The third-order valence-corrected chi connectivity index (χ3v) is 5.33. The fraction of sp³-hybridized carbons (Fsp3) is 0.474. The van der Waals surface area contributed by atoms with E-state index >= 15 is 0 Å². The molecule has 4 rings (SSSR count). The van der Waals surface area contributed by atoms with Crippen molar-refractivity contribution in [3.8, 4) is 11.5 Å². The molecule has 2 atom stereocenters. The third-order valence-electron chi connectivity index (χ3n) is 5.33. The summed E-state index contributed by atoms with van der Waals surface area (Å²) in [6.07, 6.45) is 0.853. The Morgan fingerprint density at radius 3 is 2.79 bits per heavy atom. The van der Waals surface area contributed by atoms with Crippen LogP contribution in [-0.4, -0.2) is 39.0 Å². The van der Waals surface area contributed by atoms with Gasteiger partial charge in [0.2, 0.25) is 11.8 Å². The zero-order valence-electron chi connectivity index (χ0n) is 15.3. The lowest BCUT2D eigenvalue weighted by Crippen LogP contribution is -2.53. The summed E-state index contributed by atoms with van der Waals surface area (Å²) in [5.41, 5.74) is 1.78. The summed E-state index contributed by atoms with van der Waals surface area (Å²) in [5, 5.41) is 9.94. The van der Waals surface area contributed by atoms with Crippen molar-refractivity contribution >= 4 is 11.8 Å². The molecular weight excluding hydrogens is 370 g/mol. The van der Waals surface area contributed by atoms with Gasteiger partial charge in [0.25, 0.3) is 11.8 Å². The molecule has 1 aromatic heterocycles. The summed E-state index contributed by atoms with van der Waals surface area (Å²) in [6, 6.07) is 4.95. The largest absolute Gasteiger partial charge is 0.415 e. The van der Waals surface area contributed by atoms with Crippen molar-refractivity contribution in [3.05, 3.63) is 35.2 Å². The van der Waals surface area contributed by atoms with Gasteiger partial charge in [-0.25, -0.2) is 0 Å². The van der Waals surface area contributed by atoms with Gasteiger partial charge in [-0.1, -0.05) is 18.9 Å². The number of halogens is 2. The van der Waals surface area contributed by atoms with E-state index in [1.807, 2.05) is 0 Å². The molecule has 0 radical (unpaired) electrons. The zero-order valence-corrected chi connectivity index (χ0v) is 15.3. The number of aromatic nitrogens is 2. The first-order chi connectivity index (χ1) is 13.4. The highest BCUT2D eigenvalue weighted by molar-refractivity contribution is 5.99. The van der Waals surface area contributed by atoms with Crippen LogP contribution in [0.15, 0.2) is 22.6 Å². The summed E-state index contributed by atoms with van der Waals surface area (Å²) in [5.74, 6) is -1.02. The van der Waals surface area contributed by atoms with Crippen molar-refractivity contribution < 1.29 is 22.8 Å². The van der Waals surface area contributed by atoms with E-state index in [-0.39, 0.29) is 29.8 Å². The van der Waals surface area contributed by atoms with Crippen LogP contribution >= 0.6 is 0 Å². The summed E-state index contributed by atoms with van der Waals surface area (Å²) >= 11 is 0. The molecular formula is C19H20F2N4O3. The molecule has 2 amide bonds. The van der Waals surface area contributed by atoms with Gasteiger partial charge >= 0.3 is 6.43 Å². The second-order valence-corrected chi connectivity index (χ2v) is 7.21. The molecule has 28 heavy (non-hydrogen) atoms. The predicted octanol–water partition coefficient (Wildman–Crippen LogP) is 3.08. The molecule has 2 heterocycles. The number of nitrogens with zero attached hydrogens (tertiary/aromatic N) is 3. The van der Waals surface area contributed by atoms with Crippen LogP contribution in [0.3, 0.4) is 0 Å². The minimum atomic E-state index is -2.84. The first kappa shape index (κ1) is 18.5.